The standard InChI is InChI=1S/C9H18O3/c1-2-3-4-6-9(11,12)7-5-8-10/h5,8,10-12H,2-4,6-7H2,1H3/b8-5+. The van der Waals surface area contributed by atoms with Crippen LogP contribution < -0.4 is 0 Å². The Morgan fingerprint density at radius 1 is 1.25 bits per heavy atom. The third kappa shape index (κ3) is 6.19. The number of hydrogen-bond acceptors (Lipinski definition) is 3. The van der Waals surface area contributed by atoms with Crippen LogP contribution in [0.5, 0.6) is 0 Å². The molecule has 0 aromatic heterocycles. The average molecular weight is 174 g/mol. The minimum atomic E-state index is -1.64. The molecule has 3 N–H and O–H groups in total. The van der Waals surface area contributed by atoms with Crippen LogP contribution in [0.25, 0.3) is 0 Å². The first-order valence-electron chi connectivity index (χ1n) is 4.36. The topological polar surface area (TPSA) is 60.7 Å². The van der Waals surface area contributed by atoms with Gasteiger partial charge in [-0.25, -0.2) is 0 Å². The number of rotatable bonds is 6. The predicted octanol–water partition coefficient (Wildman–Crippen LogP) is 1.71. The molecule has 3 heteroatoms. The fourth-order valence-corrected chi connectivity index (χ4v) is 1.00. The molecule has 0 rings (SSSR count). The van der Waals surface area contributed by atoms with Crippen molar-refractivity contribution in [1.82, 2.24) is 0 Å². The number of aliphatic hydroxyl groups is 3. The second kappa shape index (κ2) is 6.03. The summed E-state index contributed by atoms with van der Waals surface area (Å²) in [4.78, 5) is 0. The van der Waals surface area contributed by atoms with E-state index in [0.29, 0.717) is 6.42 Å². The lowest BCUT2D eigenvalue weighted by Crippen LogP contribution is -2.26. The van der Waals surface area contributed by atoms with Crippen molar-refractivity contribution in [2.24, 2.45) is 0 Å². The maximum Gasteiger partial charge on any atom is 0.166 e. The summed E-state index contributed by atoms with van der Waals surface area (Å²) in [7, 11) is 0. The lowest BCUT2D eigenvalue weighted by Gasteiger charge is -2.19. The Morgan fingerprint density at radius 2 is 1.92 bits per heavy atom. The molecule has 0 amide bonds. The maximum atomic E-state index is 9.27. The quantitative estimate of drug-likeness (QED) is 0.326. The normalized spacial score (nSPS) is 12.6. The van der Waals surface area contributed by atoms with Crippen LogP contribution in [0.1, 0.15) is 39.0 Å². The summed E-state index contributed by atoms with van der Waals surface area (Å²) < 4.78 is 0. The minimum absolute atomic E-state index is 0.0905. The van der Waals surface area contributed by atoms with Crippen LogP contribution in [-0.2, 0) is 0 Å². The molecule has 0 aliphatic rings. The fraction of sp³-hybridized carbons (Fsp3) is 0.778. The number of unbranched alkanes of at least 4 members (excludes halogenated alkanes) is 2. The molecule has 0 fully saturated rings. The highest BCUT2D eigenvalue weighted by Gasteiger charge is 2.19. The Hall–Kier alpha value is -0.540. The zero-order valence-electron chi connectivity index (χ0n) is 7.53. The van der Waals surface area contributed by atoms with E-state index in [9.17, 15) is 10.2 Å². The van der Waals surface area contributed by atoms with Gasteiger partial charge in [0, 0.05) is 12.8 Å². The lowest BCUT2D eigenvalue weighted by molar-refractivity contribution is -0.163. The second-order valence-electron chi connectivity index (χ2n) is 3.03. The van der Waals surface area contributed by atoms with E-state index >= 15 is 0 Å². The van der Waals surface area contributed by atoms with E-state index < -0.39 is 5.79 Å². The predicted molar refractivity (Wildman–Crippen MR) is 47.7 cm³/mol. The van der Waals surface area contributed by atoms with Crippen LogP contribution in [-0.4, -0.2) is 21.1 Å². The summed E-state index contributed by atoms with van der Waals surface area (Å²) in [6.07, 6.45) is 5.51. The van der Waals surface area contributed by atoms with Crippen LogP contribution in [0, 0.1) is 0 Å². The summed E-state index contributed by atoms with van der Waals surface area (Å²) in [6.45, 7) is 2.06. The van der Waals surface area contributed by atoms with Crippen molar-refractivity contribution < 1.29 is 15.3 Å². The molecule has 12 heavy (non-hydrogen) atoms. The molecule has 0 aliphatic heterocycles. The number of aliphatic hydroxyl groups excluding tert-OH is 1. The van der Waals surface area contributed by atoms with Gasteiger partial charge in [0.1, 0.15) is 0 Å². The Balaban J connectivity index is 3.55. The molecule has 3 nitrogen and oxygen atoms in total. The van der Waals surface area contributed by atoms with Crippen LogP contribution in [0.2, 0.25) is 0 Å². The van der Waals surface area contributed by atoms with Crippen molar-refractivity contribution >= 4 is 0 Å². The maximum absolute atomic E-state index is 9.27. The number of hydrogen-bond donors (Lipinski definition) is 3. The third-order valence-electron chi connectivity index (χ3n) is 1.73. The van der Waals surface area contributed by atoms with Crippen LogP contribution >= 0.6 is 0 Å². The van der Waals surface area contributed by atoms with E-state index in [1.165, 1.54) is 6.08 Å². The summed E-state index contributed by atoms with van der Waals surface area (Å²) in [5.41, 5.74) is 0. The van der Waals surface area contributed by atoms with Gasteiger partial charge in [-0.05, 0) is 12.5 Å². The summed E-state index contributed by atoms with van der Waals surface area (Å²) in [5, 5.41) is 26.8. The van der Waals surface area contributed by atoms with E-state index in [1.807, 2.05) is 0 Å². The SMILES string of the molecule is CCCCCC(O)(O)C/C=C/O. The highest BCUT2D eigenvalue weighted by molar-refractivity contribution is 4.80. The average Bonchev–Trinajstić information content (AvgIpc) is 2.01. The molecular weight excluding hydrogens is 156 g/mol. The fourth-order valence-electron chi connectivity index (χ4n) is 1.00. The highest BCUT2D eigenvalue weighted by Crippen LogP contribution is 2.16. The Kier molecular flexibility index (Phi) is 5.76. The first-order valence-corrected chi connectivity index (χ1v) is 4.36. The summed E-state index contributed by atoms with van der Waals surface area (Å²) in [6, 6.07) is 0. The summed E-state index contributed by atoms with van der Waals surface area (Å²) >= 11 is 0. The van der Waals surface area contributed by atoms with Gasteiger partial charge in [0.25, 0.3) is 0 Å². The van der Waals surface area contributed by atoms with E-state index in [1.54, 1.807) is 0 Å². The van der Waals surface area contributed by atoms with Gasteiger partial charge in [-0.1, -0.05) is 19.8 Å². The Morgan fingerprint density at radius 3 is 2.42 bits per heavy atom. The largest absolute Gasteiger partial charge is 0.516 e. The van der Waals surface area contributed by atoms with Gasteiger partial charge in [0.2, 0.25) is 0 Å². The van der Waals surface area contributed by atoms with E-state index in [-0.39, 0.29) is 6.42 Å². The first kappa shape index (κ1) is 11.5. The molecule has 0 aromatic rings. The summed E-state index contributed by atoms with van der Waals surface area (Å²) in [5.74, 6) is -1.64. The zero-order chi connectivity index (χ0) is 9.45. The van der Waals surface area contributed by atoms with Crippen LogP contribution in [0.4, 0.5) is 0 Å². The Labute approximate surface area is 73.4 Å². The van der Waals surface area contributed by atoms with Gasteiger partial charge in [-0.15, -0.1) is 0 Å². The van der Waals surface area contributed by atoms with Crippen molar-refractivity contribution in [3.8, 4) is 0 Å². The molecule has 0 saturated carbocycles. The van der Waals surface area contributed by atoms with Crippen LogP contribution in [0.3, 0.4) is 0 Å². The highest BCUT2D eigenvalue weighted by atomic mass is 16.5. The minimum Gasteiger partial charge on any atom is -0.516 e. The van der Waals surface area contributed by atoms with Crippen LogP contribution in [0.15, 0.2) is 12.3 Å². The van der Waals surface area contributed by atoms with E-state index in [2.05, 4.69) is 6.92 Å². The van der Waals surface area contributed by atoms with Gasteiger partial charge < -0.3 is 15.3 Å². The molecule has 0 atom stereocenters. The monoisotopic (exact) mass is 174 g/mol. The lowest BCUT2D eigenvalue weighted by atomic mass is 10.0. The molecule has 0 radical (unpaired) electrons. The molecule has 72 valence electrons. The molecule has 0 saturated heterocycles. The second-order valence-corrected chi connectivity index (χ2v) is 3.03. The molecule has 0 aromatic carbocycles. The van der Waals surface area contributed by atoms with Gasteiger partial charge in [0.15, 0.2) is 5.79 Å². The van der Waals surface area contributed by atoms with Gasteiger partial charge in [-0.2, -0.15) is 0 Å². The molecule has 0 unspecified atom stereocenters. The molecule has 0 heterocycles. The Bertz CT molecular complexity index is 130. The van der Waals surface area contributed by atoms with Gasteiger partial charge in [-0.3, -0.25) is 0 Å². The zero-order valence-corrected chi connectivity index (χ0v) is 7.53. The molecule has 0 bridgehead atoms. The smallest absolute Gasteiger partial charge is 0.166 e. The van der Waals surface area contributed by atoms with Crippen molar-refractivity contribution in [2.75, 3.05) is 0 Å². The van der Waals surface area contributed by atoms with E-state index in [4.69, 9.17) is 5.11 Å². The van der Waals surface area contributed by atoms with Crippen molar-refractivity contribution in [3.63, 3.8) is 0 Å². The van der Waals surface area contributed by atoms with Crippen molar-refractivity contribution in [2.45, 2.75) is 44.8 Å². The van der Waals surface area contributed by atoms with Gasteiger partial charge >= 0.3 is 0 Å². The molecule has 0 spiro atoms. The third-order valence-corrected chi connectivity index (χ3v) is 1.73. The molecule has 0 aliphatic carbocycles. The van der Waals surface area contributed by atoms with E-state index in [0.717, 1.165) is 25.5 Å². The van der Waals surface area contributed by atoms with Gasteiger partial charge in [0.05, 0.1) is 6.26 Å². The van der Waals surface area contributed by atoms with Crippen molar-refractivity contribution in [1.29, 1.82) is 0 Å². The first-order chi connectivity index (χ1) is 5.62. The molecular formula is C9H18O3. The van der Waals surface area contributed by atoms with Crippen molar-refractivity contribution in [3.05, 3.63) is 12.3 Å².